The standard InChI is InChI=1S/C11H19N3S/c1-8-4-11(7-15-8)12-5-10-6-14(3)13-9(10)2/h6,8,11-12H,4-5,7H2,1-3H3. The van der Waals surface area contributed by atoms with Crippen LogP contribution in [0.3, 0.4) is 0 Å². The molecule has 4 heteroatoms. The molecule has 1 aromatic heterocycles. The summed E-state index contributed by atoms with van der Waals surface area (Å²) in [6, 6.07) is 0.685. The Balaban J connectivity index is 1.85. The van der Waals surface area contributed by atoms with Gasteiger partial charge in [-0.2, -0.15) is 16.9 Å². The molecule has 3 nitrogen and oxygen atoms in total. The highest BCUT2D eigenvalue weighted by molar-refractivity contribution is 8.00. The van der Waals surface area contributed by atoms with Crippen molar-refractivity contribution in [2.45, 2.75) is 38.1 Å². The van der Waals surface area contributed by atoms with Gasteiger partial charge in [-0.1, -0.05) is 6.92 Å². The van der Waals surface area contributed by atoms with Crippen LogP contribution < -0.4 is 5.32 Å². The Morgan fingerprint density at radius 3 is 3.00 bits per heavy atom. The van der Waals surface area contributed by atoms with E-state index in [0.717, 1.165) is 17.5 Å². The third kappa shape index (κ3) is 2.75. The quantitative estimate of drug-likeness (QED) is 0.849. The van der Waals surface area contributed by atoms with Crippen LogP contribution in [0.4, 0.5) is 0 Å². The first-order valence-corrected chi connectivity index (χ1v) is 6.54. The molecule has 1 fully saturated rings. The first kappa shape index (κ1) is 11.0. The fraction of sp³-hybridized carbons (Fsp3) is 0.727. The summed E-state index contributed by atoms with van der Waals surface area (Å²) >= 11 is 2.07. The number of hydrogen-bond donors (Lipinski definition) is 1. The maximum atomic E-state index is 4.34. The second kappa shape index (κ2) is 4.58. The number of aromatic nitrogens is 2. The zero-order chi connectivity index (χ0) is 10.8. The first-order chi connectivity index (χ1) is 7.15. The van der Waals surface area contributed by atoms with Crippen molar-refractivity contribution in [1.82, 2.24) is 15.1 Å². The minimum Gasteiger partial charge on any atom is -0.309 e. The van der Waals surface area contributed by atoms with Gasteiger partial charge in [0.2, 0.25) is 0 Å². The molecule has 0 radical (unpaired) electrons. The minimum absolute atomic E-state index is 0.685. The van der Waals surface area contributed by atoms with Gasteiger partial charge in [-0.25, -0.2) is 0 Å². The topological polar surface area (TPSA) is 29.9 Å². The van der Waals surface area contributed by atoms with Gasteiger partial charge in [0.1, 0.15) is 0 Å². The predicted octanol–water partition coefficient (Wildman–Crippen LogP) is 1.71. The van der Waals surface area contributed by atoms with E-state index in [-0.39, 0.29) is 0 Å². The van der Waals surface area contributed by atoms with Gasteiger partial charge in [0.15, 0.2) is 0 Å². The van der Waals surface area contributed by atoms with E-state index in [2.05, 4.69) is 42.2 Å². The van der Waals surface area contributed by atoms with Gasteiger partial charge in [-0.05, 0) is 13.3 Å². The fourth-order valence-corrected chi connectivity index (χ4v) is 3.22. The molecule has 2 rings (SSSR count). The summed E-state index contributed by atoms with van der Waals surface area (Å²) in [6.45, 7) is 5.34. The van der Waals surface area contributed by atoms with Crippen LogP contribution in [-0.2, 0) is 13.6 Å². The Hall–Kier alpha value is -0.480. The largest absolute Gasteiger partial charge is 0.309 e. The Morgan fingerprint density at radius 2 is 2.47 bits per heavy atom. The Bertz CT molecular complexity index is 335. The molecule has 0 aromatic carbocycles. The van der Waals surface area contributed by atoms with Crippen molar-refractivity contribution < 1.29 is 0 Å². The van der Waals surface area contributed by atoms with Gasteiger partial charge >= 0.3 is 0 Å². The van der Waals surface area contributed by atoms with Crippen molar-refractivity contribution >= 4 is 11.8 Å². The smallest absolute Gasteiger partial charge is 0.0638 e. The Morgan fingerprint density at radius 1 is 1.67 bits per heavy atom. The summed E-state index contributed by atoms with van der Waals surface area (Å²) in [7, 11) is 1.98. The van der Waals surface area contributed by atoms with Crippen LogP contribution >= 0.6 is 11.8 Å². The molecule has 2 atom stereocenters. The molecular formula is C11H19N3S. The zero-order valence-electron chi connectivity index (χ0n) is 9.66. The highest BCUT2D eigenvalue weighted by Gasteiger charge is 2.21. The van der Waals surface area contributed by atoms with E-state index in [1.165, 1.54) is 17.7 Å². The molecule has 1 aromatic rings. The Kier molecular flexibility index (Phi) is 3.36. The average molecular weight is 225 g/mol. The second-order valence-electron chi connectivity index (χ2n) is 4.37. The Labute approximate surface area is 95.6 Å². The second-order valence-corrected chi connectivity index (χ2v) is 5.84. The van der Waals surface area contributed by atoms with Crippen LogP contribution in [0.1, 0.15) is 24.6 Å². The average Bonchev–Trinajstić information content (AvgIpc) is 2.70. The molecule has 1 N–H and O–H groups in total. The molecule has 0 amide bonds. The van der Waals surface area contributed by atoms with Gasteiger partial charge in [0.05, 0.1) is 5.69 Å². The number of aryl methyl sites for hydroxylation is 2. The van der Waals surface area contributed by atoms with E-state index in [9.17, 15) is 0 Å². The van der Waals surface area contributed by atoms with E-state index in [1.807, 2.05) is 11.7 Å². The lowest BCUT2D eigenvalue weighted by atomic mass is 10.2. The van der Waals surface area contributed by atoms with Crippen LogP contribution in [0.2, 0.25) is 0 Å². The zero-order valence-corrected chi connectivity index (χ0v) is 10.5. The van der Waals surface area contributed by atoms with Gasteiger partial charge < -0.3 is 5.32 Å². The summed E-state index contributed by atoms with van der Waals surface area (Å²) in [6.07, 6.45) is 3.40. The van der Waals surface area contributed by atoms with Gasteiger partial charge in [0.25, 0.3) is 0 Å². The number of nitrogens with one attached hydrogen (secondary N) is 1. The molecule has 0 spiro atoms. The minimum atomic E-state index is 0.685. The molecule has 2 heterocycles. The van der Waals surface area contributed by atoms with Crippen molar-refractivity contribution in [2.24, 2.45) is 7.05 Å². The summed E-state index contributed by atoms with van der Waals surface area (Å²) in [5.41, 5.74) is 2.46. The van der Waals surface area contributed by atoms with Gasteiger partial charge in [-0.3, -0.25) is 4.68 Å². The molecule has 1 saturated heterocycles. The first-order valence-electron chi connectivity index (χ1n) is 5.49. The van der Waals surface area contributed by atoms with E-state index >= 15 is 0 Å². The maximum absolute atomic E-state index is 4.34. The van der Waals surface area contributed by atoms with Crippen molar-refractivity contribution in [2.75, 3.05) is 5.75 Å². The number of hydrogen-bond acceptors (Lipinski definition) is 3. The van der Waals surface area contributed by atoms with E-state index in [1.54, 1.807) is 0 Å². The molecule has 0 bridgehead atoms. The van der Waals surface area contributed by atoms with E-state index < -0.39 is 0 Å². The number of rotatable bonds is 3. The molecular weight excluding hydrogens is 206 g/mol. The molecule has 84 valence electrons. The van der Waals surface area contributed by atoms with Crippen LogP contribution in [0.5, 0.6) is 0 Å². The molecule has 2 unspecified atom stereocenters. The van der Waals surface area contributed by atoms with Crippen LogP contribution in [0, 0.1) is 6.92 Å². The van der Waals surface area contributed by atoms with Crippen molar-refractivity contribution in [3.8, 4) is 0 Å². The summed E-state index contributed by atoms with van der Waals surface area (Å²) in [5.74, 6) is 1.25. The molecule has 0 aliphatic carbocycles. The molecule has 1 aliphatic rings. The monoisotopic (exact) mass is 225 g/mol. The summed E-state index contributed by atoms with van der Waals surface area (Å²) in [4.78, 5) is 0. The van der Waals surface area contributed by atoms with Crippen molar-refractivity contribution in [3.63, 3.8) is 0 Å². The lowest BCUT2D eigenvalue weighted by Gasteiger charge is -2.10. The fourth-order valence-electron chi connectivity index (χ4n) is 2.04. The number of thioether (sulfide) groups is 1. The molecule has 1 aliphatic heterocycles. The summed E-state index contributed by atoms with van der Waals surface area (Å²) < 4.78 is 1.89. The lowest BCUT2D eigenvalue weighted by molar-refractivity contribution is 0.537. The van der Waals surface area contributed by atoms with E-state index in [4.69, 9.17) is 0 Å². The lowest BCUT2D eigenvalue weighted by Crippen LogP contribution is -2.28. The van der Waals surface area contributed by atoms with Gasteiger partial charge in [0, 0.05) is 42.4 Å². The predicted molar refractivity (Wildman–Crippen MR) is 65.1 cm³/mol. The number of nitrogens with zero attached hydrogens (tertiary/aromatic N) is 2. The maximum Gasteiger partial charge on any atom is 0.0638 e. The molecule has 15 heavy (non-hydrogen) atoms. The summed E-state index contributed by atoms with van der Waals surface area (Å²) in [5, 5.41) is 8.77. The van der Waals surface area contributed by atoms with Crippen LogP contribution in [0.15, 0.2) is 6.20 Å². The van der Waals surface area contributed by atoms with Crippen molar-refractivity contribution in [3.05, 3.63) is 17.5 Å². The van der Waals surface area contributed by atoms with Crippen molar-refractivity contribution in [1.29, 1.82) is 0 Å². The van der Waals surface area contributed by atoms with Crippen LogP contribution in [-0.4, -0.2) is 26.8 Å². The molecule has 0 saturated carbocycles. The highest BCUT2D eigenvalue weighted by Crippen LogP contribution is 2.26. The van der Waals surface area contributed by atoms with E-state index in [0.29, 0.717) is 6.04 Å². The third-order valence-electron chi connectivity index (χ3n) is 2.89. The third-order valence-corrected chi connectivity index (χ3v) is 4.25. The SMILES string of the molecule is Cc1nn(C)cc1CNC1CSC(C)C1. The highest BCUT2D eigenvalue weighted by atomic mass is 32.2. The normalized spacial score (nSPS) is 26.1. The van der Waals surface area contributed by atoms with Gasteiger partial charge in [-0.15, -0.1) is 0 Å². The van der Waals surface area contributed by atoms with Crippen LogP contribution in [0.25, 0.3) is 0 Å².